The lowest BCUT2D eigenvalue weighted by atomic mass is 9.96. The maximum absolute atomic E-state index is 12.7. The number of nitrogens with one attached hydrogen (secondary N) is 1. The van der Waals surface area contributed by atoms with Gasteiger partial charge in [0.2, 0.25) is 0 Å². The average molecular weight is 364 g/mol. The number of fused-ring (bicyclic) bond motifs is 2. The van der Waals surface area contributed by atoms with E-state index in [4.69, 9.17) is 4.74 Å². The molecule has 4 rings (SSSR count). The molecular weight excluding hydrogens is 336 g/mol. The predicted octanol–water partition coefficient (Wildman–Crippen LogP) is 3.66. The number of amides is 1. The molecule has 0 aromatic heterocycles. The minimum atomic E-state index is -0.0189. The Morgan fingerprint density at radius 3 is 2.41 bits per heavy atom. The summed E-state index contributed by atoms with van der Waals surface area (Å²) in [4.78, 5) is 15.4. The number of rotatable bonds is 6. The molecule has 2 unspecified atom stereocenters. The van der Waals surface area contributed by atoms with Crippen molar-refractivity contribution >= 4 is 5.91 Å². The van der Waals surface area contributed by atoms with Crippen molar-refractivity contribution in [3.63, 3.8) is 0 Å². The number of methoxy groups -OCH3 is 1. The van der Waals surface area contributed by atoms with Crippen molar-refractivity contribution in [2.75, 3.05) is 13.7 Å². The topological polar surface area (TPSA) is 41.6 Å². The monoisotopic (exact) mass is 364 g/mol. The number of carbonyl (C=O) groups excluding carboxylic acids is 1. The number of benzene rings is 2. The highest BCUT2D eigenvalue weighted by Gasteiger charge is 2.40. The van der Waals surface area contributed by atoms with Crippen LogP contribution in [0.2, 0.25) is 0 Å². The molecule has 2 aliphatic heterocycles. The van der Waals surface area contributed by atoms with E-state index in [-0.39, 0.29) is 11.9 Å². The van der Waals surface area contributed by atoms with Gasteiger partial charge < -0.3 is 10.1 Å². The first-order chi connectivity index (χ1) is 13.2. The van der Waals surface area contributed by atoms with Crippen LogP contribution in [0, 0.1) is 0 Å². The Hall–Kier alpha value is -2.33. The van der Waals surface area contributed by atoms with Gasteiger partial charge in [-0.15, -0.1) is 0 Å². The van der Waals surface area contributed by atoms with Crippen LogP contribution in [0.3, 0.4) is 0 Å². The van der Waals surface area contributed by atoms with E-state index in [9.17, 15) is 4.79 Å². The molecule has 2 bridgehead atoms. The molecule has 4 nitrogen and oxygen atoms in total. The number of hydrogen-bond acceptors (Lipinski definition) is 3. The molecule has 142 valence electrons. The fraction of sp³-hybridized carbons (Fsp3) is 0.435. The van der Waals surface area contributed by atoms with Crippen LogP contribution in [0.4, 0.5) is 0 Å². The number of hydrogen-bond donors (Lipinski definition) is 1. The summed E-state index contributed by atoms with van der Waals surface area (Å²) in [5, 5.41) is 3.26. The Bertz CT molecular complexity index is 763. The quantitative estimate of drug-likeness (QED) is 0.850. The Morgan fingerprint density at radius 2 is 1.70 bits per heavy atom. The van der Waals surface area contributed by atoms with E-state index in [0.717, 1.165) is 25.8 Å². The zero-order valence-corrected chi connectivity index (χ0v) is 15.9. The summed E-state index contributed by atoms with van der Waals surface area (Å²) in [6, 6.07) is 19.6. The summed E-state index contributed by atoms with van der Waals surface area (Å²) < 4.78 is 5.33. The van der Waals surface area contributed by atoms with Gasteiger partial charge in [0.25, 0.3) is 5.91 Å². The number of para-hydroxylation sites is 1. The summed E-state index contributed by atoms with van der Waals surface area (Å²) in [7, 11) is 1.61. The predicted molar refractivity (Wildman–Crippen MR) is 107 cm³/mol. The molecule has 0 spiro atoms. The molecule has 2 aliphatic rings. The van der Waals surface area contributed by atoms with Crippen molar-refractivity contribution in [1.82, 2.24) is 10.2 Å². The maximum Gasteiger partial charge on any atom is 0.255 e. The molecule has 0 aliphatic carbocycles. The van der Waals surface area contributed by atoms with Gasteiger partial charge in [-0.05, 0) is 49.8 Å². The molecule has 0 saturated carbocycles. The molecular formula is C23H28N2O2. The normalized spacial score (nSPS) is 24.6. The van der Waals surface area contributed by atoms with Crippen molar-refractivity contribution in [1.29, 1.82) is 0 Å². The Morgan fingerprint density at radius 1 is 1.04 bits per heavy atom. The molecule has 27 heavy (non-hydrogen) atoms. The zero-order chi connectivity index (χ0) is 18.6. The van der Waals surface area contributed by atoms with E-state index in [1.165, 1.54) is 18.4 Å². The van der Waals surface area contributed by atoms with Crippen LogP contribution in [0.1, 0.15) is 41.6 Å². The fourth-order valence-electron chi connectivity index (χ4n) is 4.76. The van der Waals surface area contributed by atoms with Crippen molar-refractivity contribution in [2.24, 2.45) is 0 Å². The second-order valence-electron chi connectivity index (χ2n) is 7.70. The van der Waals surface area contributed by atoms with Crippen LogP contribution in [-0.2, 0) is 6.42 Å². The Labute approximate surface area is 161 Å². The highest BCUT2D eigenvalue weighted by molar-refractivity contribution is 5.97. The van der Waals surface area contributed by atoms with E-state index in [0.29, 0.717) is 23.4 Å². The lowest BCUT2D eigenvalue weighted by molar-refractivity contribution is 0.0845. The van der Waals surface area contributed by atoms with Gasteiger partial charge in [-0.2, -0.15) is 0 Å². The third kappa shape index (κ3) is 4.01. The highest BCUT2D eigenvalue weighted by Crippen LogP contribution is 2.36. The van der Waals surface area contributed by atoms with Gasteiger partial charge in [-0.1, -0.05) is 42.5 Å². The Balaban J connectivity index is 1.35. The van der Waals surface area contributed by atoms with Gasteiger partial charge in [-0.25, -0.2) is 0 Å². The number of ether oxygens (including phenoxy) is 1. The minimum Gasteiger partial charge on any atom is -0.496 e. The average Bonchev–Trinajstić information content (AvgIpc) is 2.95. The van der Waals surface area contributed by atoms with Crippen LogP contribution in [-0.4, -0.2) is 42.6 Å². The van der Waals surface area contributed by atoms with Gasteiger partial charge in [0.15, 0.2) is 0 Å². The van der Waals surface area contributed by atoms with E-state index in [1.54, 1.807) is 7.11 Å². The summed E-state index contributed by atoms with van der Waals surface area (Å²) in [6.45, 7) is 1.12. The smallest absolute Gasteiger partial charge is 0.255 e. The van der Waals surface area contributed by atoms with Crippen molar-refractivity contribution in [2.45, 2.75) is 50.2 Å². The fourth-order valence-corrected chi connectivity index (χ4v) is 4.76. The molecule has 1 amide bonds. The van der Waals surface area contributed by atoms with Gasteiger partial charge in [0.05, 0.1) is 12.7 Å². The molecule has 2 heterocycles. The summed E-state index contributed by atoms with van der Waals surface area (Å²) in [5.74, 6) is 0.618. The molecule has 2 fully saturated rings. The van der Waals surface area contributed by atoms with Crippen molar-refractivity contribution in [3.8, 4) is 5.75 Å². The van der Waals surface area contributed by atoms with E-state index in [2.05, 4.69) is 40.5 Å². The second kappa shape index (κ2) is 8.13. The standard InChI is InChI=1S/C23H28N2O2/c1-27-22-10-6-5-9-21(22)23(26)24-18-15-19-11-12-20(16-18)25(19)14-13-17-7-3-2-4-8-17/h2-10,18-20H,11-16H2,1H3,(H,24,26). The van der Waals surface area contributed by atoms with E-state index in [1.807, 2.05) is 24.3 Å². The van der Waals surface area contributed by atoms with Crippen LogP contribution in [0.5, 0.6) is 5.75 Å². The summed E-state index contributed by atoms with van der Waals surface area (Å²) in [5.41, 5.74) is 2.03. The Kier molecular flexibility index (Phi) is 5.44. The molecule has 0 radical (unpaired) electrons. The van der Waals surface area contributed by atoms with Gasteiger partial charge >= 0.3 is 0 Å². The molecule has 2 aromatic carbocycles. The highest BCUT2D eigenvalue weighted by atomic mass is 16.5. The lowest BCUT2D eigenvalue weighted by Crippen LogP contribution is -2.50. The van der Waals surface area contributed by atoms with Gasteiger partial charge in [0, 0.05) is 24.7 Å². The van der Waals surface area contributed by atoms with Crippen LogP contribution >= 0.6 is 0 Å². The molecule has 2 aromatic rings. The first-order valence-corrected chi connectivity index (χ1v) is 9.98. The third-order valence-electron chi connectivity index (χ3n) is 6.07. The van der Waals surface area contributed by atoms with Crippen molar-refractivity contribution < 1.29 is 9.53 Å². The van der Waals surface area contributed by atoms with E-state index < -0.39 is 0 Å². The number of nitrogens with zero attached hydrogens (tertiary/aromatic N) is 1. The minimum absolute atomic E-state index is 0.0189. The van der Waals surface area contributed by atoms with Crippen molar-refractivity contribution in [3.05, 3.63) is 65.7 Å². The first-order valence-electron chi connectivity index (χ1n) is 9.98. The maximum atomic E-state index is 12.7. The second-order valence-corrected chi connectivity index (χ2v) is 7.70. The summed E-state index contributed by atoms with van der Waals surface area (Å²) in [6.07, 6.45) is 5.70. The summed E-state index contributed by atoms with van der Waals surface area (Å²) >= 11 is 0. The van der Waals surface area contributed by atoms with E-state index >= 15 is 0 Å². The van der Waals surface area contributed by atoms with Gasteiger partial charge in [-0.3, -0.25) is 9.69 Å². The zero-order valence-electron chi connectivity index (χ0n) is 15.9. The molecule has 2 atom stereocenters. The van der Waals surface area contributed by atoms with Gasteiger partial charge in [0.1, 0.15) is 5.75 Å². The van der Waals surface area contributed by atoms with Crippen LogP contribution in [0.15, 0.2) is 54.6 Å². The number of carbonyl (C=O) groups is 1. The number of piperidine rings is 1. The molecule has 1 N–H and O–H groups in total. The van der Waals surface area contributed by atoms with Crippen LogP contribution < -0.4 is 10.1 Å². The molecule has 4 heteroatoms. The first kappa shape index (κ1) is 18.1. The largest absolute Gasteiger partial charge is 0.496 e. The third-order valence-corrected chi connectivity index (χ3v) is 6.07. The lowest BCUT2D eigenvalue weighted by Gasteiger charge is -2.39. The molecule has 2 saturated heterocycles. The van der Waals surface area contributed by atoms with Crippen LogP contribution in [0.25, 0.3) is 0 Å². The SMILES string of the molecule is COc1ccccc1C(=O)NC1CC2CCC(C1)N2CCc1ccccc1.